The van der Waals surface area contributed by atoms with Crippen molar-refractivity contribution in [3.05, 3.63) is 72.1 Å². The largest absolute Gasteiger partial charge is 0.330 e. The third kappa shape index (κ3) is 3.64. The molecule has 1 saturated carbocycles. The van der Waals surface area contributed by atoms with Gasteiger partial charge in [-0.3, -0.25) is 14.6 Å². The van der Waals surface area contributed by atoms with Crippen LogP contribution in [0.1, 0.15) is 36.8 Å². The number of hydrogen-bond donors (Lipinski definition) is 2. The molecule has 6 rings (SSSR count). The number of hydrogen-bond acceptors (Lipinski definition) is 5. The van der Waals surface area contributed by atoms with E-state index in [2.05, 4.69) is 69.9 Å². The summed E-state index contributed by atoms with van der Waals surface area (Å²) in [5, 5.41) is 6.17. The molecule has 0 bridgehead atoms. The molecule has 1 aliphatic carbocycles. The van der Waals surface area contributed by atoms with Crippen molar-refractivity contribution in [2.24, 2.45) is 0 Å². The number of anilines is 2. The molecule has 1 aromatic heterocycles. The van der Waals surface area contributed by atoms with Crippen LogP contribution in [0, 0.1) is 0 Å². The zero-order valence-electron chi connectivity index (χ0n) is 20.6. The minimum atomic E-state index is -0.254. The van der Waals surface area contributed by atoms with E-state index >= 15 is 0 Å². The van der Waals surface area contributed by atoms with Crippen molar-refractivity contribution in [3.63, 3.8) is 0 Å². The number of carbonyl (C=O) groups excluding carboxylic acids is 2. The van der Waals surface area contributed by atoms with E-state index in [1.807, 2.05) is 18.2 Å². The average Bonchev–Trinajstić information content (AvgIpc) is 3.43. The minimum absolute atomic E-state index is 0.0221. The quantitative estimate of drug-likeness (QED) is 0.588. The topological polar surface area (TPSA) is 90.5 Å². The van der Waals surface area contributed by atoms with E-state index in [4.69, 9.17) is 0 Å². The van der Waals surface area contributed by atoms with Crippen LogP contribution in [-0.4, -0.2) is 53.0 Å². The molecule has 0 unspecified atom stereocenters. The molecule has 3 amide bonds. The predicted molar refractivity (Wildman–Crippen MR) is 139 cm³/mol. The zero-order valence-corrected chi connectivity index (χ0v) is 20.6. The van der Waals surface area contributed by atoms with Crippen LogP contribution >= 0.6 is 0 Å². The highest BCUT2D eigenvalue weighted by atomic mass is 16.2. The summed E-state index contributed by atoms with van der Waals surface area (Å²) in [6.45, 7) is 0.603. The number of urea groups is 1. The van der Waals surface area contributed by atoms with Crippen molar-refractivity contribution >= 4 is 23.3 Å². The Morgan fingerprint density at radius 1 is 0.917 bits per heavy atom. The molecule has 2 aromatic carbocycles. The third-order valence-corrected chi connectivity index (χ3v) is 8.26. The molecule has 1 spiro atoms. The van der Waals surface area contributed by atoms with Crippen LogP contribution in [0.5, 0.6) is 0 Å². The van der Waals surface area contributed by atoms with E-state index < -0.39 is 0 Å². The molecule has 2 aliphatic heterocycles. The van der Waals surface area contributed by atoms with Crippen molar-refractivity contribution in [3.8, 4) is 11.4 Å². The number of aromatic nitrogens is 2. The predicted octanol–water partition coefficient (Wildman–Crippen LogP) is 3.94. The Balaban J connectivity index is 1.20. The van der Waals surface area contributed by atoms with Crippen molar-refractivity contribution < 1.29 is 9.59 Å². The molecular formula is C28H30N6O2. The standard InChI is InChI=1S/C28H30N6O2/c1-33(2)28(19-7-4-3-5-8-19)13-11-27(12-14-28)18-34(26(36)32-27)20-16-29-25(30-17-20)21-9-6-10-23-22(21)15-24(35)31-23/h3-10,16-17H,11-15,18H2,1-2H3,(H,31,35)(H,32,36)/t27-,28+. The highest BCUT2D eigenvalue weighted by Gasteiger charge is 2.50. The maximum Gasteiger partial charge on any atom is 0.322 e. The smallest absolute Gasteiger partial charge is 0.322 e. The molecule has 2 N–H and O–H groups in total. The summed E-state index contributed by atoms with van der Waals surface area (Å²) in [5.41, 5.74) is 4.30. The normalized spacial score (nSPS) is 25.2. The second-order valence-electron chi connectivity index (χ2n) is 10.4. The highest BCUT2D eigenvalue weighted by Crippen LogP contribution is 2.46. The van der Waals surface area contributed by atoms with Gasteiger partial charge in [-0.25, -0.2) is 14.8 Å². The van der Waals surface area contributed by atoms with E-state index in [0.29, 0.717) is 24.5 Å². The molecule has 8 heteroatoms. The van der Waals surface area contributed by atoms with Crippen LogP contribution < -0.4 is 15.5 Å². The van der Waals surface area contributed by atoms with Gasteiger partial charge in [0.25, 0.3) is 0 Å². The van der Waals surface area contributed by atoms with Gasteiger partial charge in [-0.15, -0.1) is 0 Å². The third-order valence-electron chi connectivity index (χ3n) is 8.26. The molecule has 8 nitrogen and oxygen atoms in total. The Morgan fingerprint density at radius 3 is 2.33 bits per heavy atom. The van der Waals surface area contributed by atoms with Crippen LogP contribution in [0.15, 0.2) is 60.9 Å². The number of carbonyl (C=O) groups is 2. The summed E-state index contributed by atoms with van der Waals surface area (Å²) < 4.78 is 0. The van der Waals surface area contributed by atoms with Crippen LogP contribution in [0.4, 0.5) is 16.2 Å². The molecule has 3 aliphatic rings. The van der Waals surface area contributed by atoms with Gasteiger partial charge < -0.3 is 10.6 Å². The Bertz CT molecular complexity index is 1310. The lowest BCUT2D eigenvalue weighted by Gasteiger charge is -2.48. The number of rotatable bonds is 4. The number of fused-ring (bicyclic) bond motifs is 1. The Morgan fingerprint density at radius 2 is 1.64 bits per heavy atom. The van der Waals surface area contributed by atoms with Gasteiger partial charge in [-0.1, -0.05) is 42.5 Å². The number of benzene rings is 2. The lowest BCUT2D eigenvalue weighted by Crippen LogP contribution is -2.54. The Kier molecular flexibility index (Phi) is 5.30. The summed E-state index contributed by atoms with van der Waals surface area (Å²) in [4.78, 5) is 38.1. The van der Waals surface area contributed by atoms with Crippen LogP contribution in [-0.2, 0) is 16.8 Å². The Labute approximate surface area is 210 Å². The maximum atomic E-state index is 13.1. The van der Waals surface area contributed by atoms with E-state index in [1.54, 1.807) is 17.3 Å². The number of nitrogens with one attached hydrogen (secondary N) is 2. The Hall–Kier alpha value is -3.78. The van der Waals surface area contributed by atoms with Crippen molar-refractivity contribution in [2.45, 2.75) is 43.2 Å². The average molecular weight is 483 g/mol. The van der Waals surface area contributed by atoms with E-state index in [-0.39, 0.29) is 23.0 Å². The SMILES string of the molecule is CN(C)[C@]1(c2ccccc2)CC[C@]2(CC1)CN(c1cnc(-c3cccc4c3CC(=O)N4)nc1)C(=O)N2. The second-order valence-corrected chi connectivity index (χ2v) is 10.4. The van der Waals surface area contributed by atoms with E-state index in [9.17, 15) is 9.59 Å². The molecule has 36 heavy (non-hydrogen) atoms. The van der Waals surface area contributed by atoms with Gasteiger partial charge in [0.05, 0.1) is 36.6 Å². The van der Waals surface area contributed by atoms with Crippen molar-refractivity contribution in [2.75, 3.05) is 30.9 Å². The first-order chi connectivity index (χ1) is 17.4. The summed E-state index contributed by atoms with van der Waals surface area (Å²) in [7, 11) is 4.30. The number of amides is 3. The molecule has 1 saturated heterocycles. The lowest BCUT2D eigenvalue weighted by molar-refractivity contribution is -0.115. The van der Waals surface area contributed by atoms with Gasteiger partial charge in [0.15, 0.2) is 5.82 Å². The highest BCUT2D eigenvalue weighted by molar-refractivity contribution is 6.01. The summed E-state index contributed by atoms with van der Waals surface area (Å²) >= 11 is 0. The van der Waals surface area contributed by atoms with Crippen LogP contribution in [0.2, 0.25) is 0 Å². The molecule has 2 fully saturated rings. The molecule has 0 radical (unpaired) electrons. The van der Waals surface area contributed by atoms with Crippen molar-refractivity contribution in [1.82, 2.24) is 20.2 Å². The summed E-state index contributed by atoms with van der Waals surface area (Å²) in [6, 6.07) is 16.3. The zero-order chi connectivity index (χ0) is 24.9. The molecule has 184 valence electrons. The fourth-order valence-electron chi connectivity index (χ4n) is 6.14. The van der Waals surface area contributed by atoms with Gasteiger partial charge in [0.1, 0.15) is 0 Å². The summed E-state index contributed by atoms with van der Waals surface area (Å²) in [5.74, 6) is 0.531. The first kappa shape index (κ1) is 22.7. The van der Waals surface area contributed by atoms with Gasteiger partial charge in [-0.05, 0) is 57.0 Å². The maximum absolute atomic E-state index is 13.1. The molecule has 3 heterocycles. The van der Waals surface area contributed by atoms with Crippen LogP contribution in [0.3, 0.4) is 0 Å². The fraction of sp³-hybridized carbons (Fsp3) is 0.357. The molecule has 3 aromatic rings. The summed E-state index contributed by atoms with van der Waals surface area (Å²) in [6.07, 6.45) is 7.49. The fourth-order valence-corrected chi connectivity index (χ4v) is 6.14. The lowest BCUT2D eigenvalue weighted by atomic mass is 9.69. The van der Waals surface area contributed by atoms with Crippen LogP contribution in [0.25, 0.3) is 11.4 Å². The van der Waals surface area contributed by atoms with Gasteiger partial charge in [0.2, 0.25) is 5.91 Å². The van der Waals surface area contributed by atoms with Crippen molar-refractivity contribution in [1.29, 1.82) is 0 Å². The van der Waals surface area contributed by atoms with E-state index in [1.165, 1.54) is 5.56 Å². The van der Waals surface area contributed by atoms with Gasteiger partial charge in [-0.2, -0.15) is 0 Å². The number of nitrogens with zero attached hydrogens (tertiary/aromatic N) is 4. The molecule has 0 atom stereocenters. The van der Waals surface area contributed by atoms with E-state index in [0.717, 1.165) is 42.5 Å². The minimum Gasteiger partial charge on any atom is -0.330 e. The first-order valence-electron chi connectivity index (χ1n) is 12.5. The molecular weight excluding hydrogens is 452 g/mol. The second kappa shape index (κ2) is 8.41. The first-order valence-corrected chi connectivity index (χ1v) is 12.5. The van der Waals surface area contributed by atoms with Gasteiger partial charge in [0, 0.05) is 16.8 Å². The monoisotopic (exact) mass is 482 g/mol. The van der Waals surface area contributed by atoms with Gasteiger partial charge >= 0.3 is 6.03 Å².